The number of benzene rings is 2. The van der Waals surface area contributed by atoms with Crippen LogP contribution in [-0.4, -0.2) is 24.5 Å². The van der Waals surface area contributed by atoms with Gasteiger partial charge in [0.25, 0.3) is 5.91 Å². The minimum atomic E-state index is -3.92. The first-order valence-electron chi connectivity index (χ1n) is 7.67. The van der Waals surface area contributed by atoms with Crippen molar-refractivity contribution in [3.63, 3.8) is 0 Å². The van der Waals surface area contributed by atoms with Crippen LogP contribution >= 0.6 is 0 Å². The van der Waals surface area contributed by atoms with Crippen LogP contribution in [0.5, 0.6) is 0 Å². The van der Waals surface area contributed by atoms with Gasteiger partial charge >= 0.3 is 5.22 Å². The van der Waals surface area contributed by atoms with Crippen LogP contribution in [-0.2, 0) is 22.1 Å². The maximum absolute atomic E-state index is 12.9. The molecule has 0 fully saturated rings. The summed E-state index contributed by atoms with van der Waals surface area (Å²) in [5.41, 5.74) is 0.584. The zero-order valence-electron chi connectivity index (χ0n) is 13.7. The van der Waals surface area contributed by atoms with Gasteiger partial charge in [0.2, 0.25) is 15.7 Å². The zero-order chi connectivity index (χ0) is 19.4. The van der Waals surface area contributed by atoms with Crippen molar-refractivity contribution in [2.24, 2.45) is 0 Å². The zero-order valence-corrected chi connectivity index (χ0v) is 14.5. The van der Waals surface area contributed by atoms with Gasteiger partial charge in [-0.05, 0) is 42.0 Å². The van der Waals surface area contributed by atoms with Gasteiger partial charge < -0.3 is 9.73 Å². The smallest absolute Gasteiger partial charge is 0.335 e. The summed E-state index contributed by atoms with van der Waals surface area (Å²) in [6, 6.07) is 9.86. The van der Waals surface area contributed by atoms with Crippen molar-refractivity contribution in [1.82, 2.24) is 15.5 Å². The number of hydrogen-bond donors (Lipinski definition) is 1. The van der Waals surface area contributed by atoms with E-state index in [-0.39, 0.29) is 18.0 Å². The van der Waals surface area contributed by atoms with E-state index in [4.69, 9.17) is 4.42 Å². The van der Waals surface area contributed by atoms with Crippen LogP contribution < -0.4 is 5.32 Å². The average molecular weight is 393 g/mol. The van der Waals surface area contributed by atoms with Gasteiger partial charge in [-0.25, -0.2) is 17.2 Å². The maximum Gasteiger partial charge on any atom is 0.335 e. The summed E-state index contributed by atoms with van der Waals surface area (Å²) in [4.78, 5) is 11.9. The predicted molar refractivity (Wildman–Crippen MR) is 89.2 cm³/mol. The summed E-state index contributed by atoms with van der Waals surface area (Å²) in [5.74, 6) is -2.00. The molecule has 0 saturated carbocycles. The highest BCUT2D eigenvalue weighted by atomic mass is 32.2. The van der Waals surface area contributed by atoms with Gasteiger partial charge in [0.1, 0.15) is 11.6 Å². The first-order valence-corrected chi connectivity index (χ1v) is 9.32. The van der Waals surface area contributed by atoms with E-state index >= 15 is 0 Å². The molecule has 1 heterocycles. The Morgan fingerprint density at radius 1 is 0.963 bits per heavy atom. The van der Waals surface area contributed by atoms with E-state index in [2.05, 4.69) is 15.5 Å². The molecule has 0 aliphatic rings. The molecular weight excluding hydrogens is 380 g/mol. The van der Waals surface area contributed by atoms with Crippen LogP contribution in [0.3, 0.4) is 0 Å². The van der Waals surface area contributed by atoms with Gasteiger partial charge in [0.05, 0.1) is 12.3 Å². The van der Waals surface area contributed by atoms with Gasteiger partial charge in [0, 0.05) is 5.56 Å². The third kappa shape index (κ3) is 4.73. The normalized spacial score (nSPS) is 11.3. The molecule has 7 nitrogen and oxygen atoms in total. The molecule has 0 saturated heterocycles. The monoisotopic (exact) mass is 393 g/mol. The van der Waals surface area contributed by atoms with Crippen LogP contribution in [0, 0.1) is 11.6 Å². The first kappa shape index (κ1) is 18.6. The van der Waals surface area contributed by atoms with Crippen LogP contribution in [0.15, 0.2) is 58.2 Å². The molecule has 1 aromatic heterocycles. The number of halogens is 2. The lowest BCUT2D eigenvalue weighted by molar-refractivity contribution is 0.0946. The Hall–Kier alpha value is -3.14. The highest BCUT2D eigenvalue weighted by Crippen LogP contribution is 2.16. The molecule has 140 valence electrons. The van der Waals surface area contributed by atoms with E-state index < -0.39 is 38.4 Å². The van der Waals surface area contributed by atoms with Crippen LogP contribution in [0.4, 0.5) is 8.78 Å². The maximum atomic E-state index is 12.9. The van der Waals surface area contributed by atoms with Crippen LogP contribution in [0.2, 0.25) is 0 Å². The third-order valence-corrected chi connectivity index (χ3v) is 4.90. The lowest BCUT2D eigenvalue weighted by Gasteiger charge is -2.02. The van der Waals surface area contributed by atoms with Gasteiger partial charge in [-0.15, -0.1) is 5.10 Å². The van der Waals surface area contributed by atoms with Gasteiger partial charge in [-0.2, -0.15) is 0 Å². The molecular formula is C17H13F2N3O4S. The molecule has 0 aliphatic carbocycles. The van der Waals surface area contributed by atoms with Crippen molar-refractivity contribution in [1.29, 1.82) is 0 Å². The van der Waals surface area contributed by atoms with E-state index in [1.54, 1.807) is 0 Å². The summed E-state index contributed by atoms with van der Waals surface area (Å²) in [6.45, 7) is -0.199. The molecule has 1 N–H and O–H groups in total. The fraction of sp³-hybridized carbons (Fsp3) is 0.118. The van der Waals surface area contributed by atoms with E-state index in [1.807, 2.05) is 0 Å². The fourth-order valence-electron chi connectivity index (χ4n) is 2.16. The minimum Gasteiger partial charge on any atom is -0.411 e. The molecule has 3 rings (SSSR count). The molecule has 0 unspecified atom stereocenters. The summed E-state index contributed by atoms with van der Waals surface area (Å²) in [7, 11) is -3.92. The predicted octanol–water partition coefficient (Wildman–Crippen LogP) is 2.25. The third-order valence-electron chi connectivity index (χ3n) is 3.49. The topological polar surface area (TPSA) is 102 Å². The molecule has 27 heavy (non-hydrogen) atoms. The Balaban J connectivity index is 1.64. The Morgan fingerprint density at radius 3 is 2.19 bits per heavy atom. The number of nitrogens with one attached hydrogen (secondary N) is 1. The minimum absolute atomic E-state index is 0.108. The van der Waals surface area contributed by atoms with Crippen molar-refractivity contribution in [3.8, 4) is 0 Å². The summed E-state index contributed by atoms with van der Waals surface area (Å²) < 4.78 is 55.4. The average Bonchev–Trinajstić information content (AvgIpc) is 3.12. The fourth-order valence-corrected chi connectivity index (χ4v) is 3.30. The van der Waals surface area contributed by atoms with Crippen molar-refractivity contribution < 1.29 is 26.4 Å². The second-order valence-corrected chi connectivity index (χ2v) is 7.40. The highest BCUT2D eigenvalue weighted by Gasteiger charge is 2.23. The number of carbonyl (C=O) groups is 1. The molecule has 0 bridgehead atoms. The van der Waals surface area contributed by atoms with Crippen molar-refractivity contribution in [2.75, 3.05) is 0 Å². The number of aromatic nitrogens is 2. The molecule has 0 aliphatic heterocycles. The molecule has 1 amide bonds. The Kier molecular flexibility index (Phi) is 5.26. The number of sulfone groups is 1. The molecule has 0 spiro atoms. The molecule has 10 heteroatoms. The van der Waals surface area contributed by atoms with E-state index in [0.29, 0.717) is 5.56 Å². The molecule has 3 aromatic rings. The van der Waals surface area contributed by atoms with Crippen molar-refractivity contribution in [2.45, 2.75) is 17.5 Å². The molecule has 0 radical (unpaired) electrons. The number of hydrogen-bond acceptors (Lipinski definition) is 6. The number of rotatable bonds is 6. The summed E-state index contributed by atoms with van der Waals surface area (Å²) >= 11 is 0. The molecule has 2 aromatic carbocycles. The van der Waals surface area contributed by atoms with Crippen LogP contribution in [0.25, 0.3) is 0 Å². The Labute approximate surface area is 153 Å². The van der Waals surface area contributed by atoms with Gasteiger partial charge in [-0.1, -0.05) is 17.2 Å². The highest BCUT2D eigenvalue weighted by molar-refractivity contribution is 7.90. The molecule has 0 atom stereocenters. The summed E-state index contributed by atoms with van der Waals surface area (Å²) in [5, 5.41) is 8.93. The van der Waals surface area contributed by atoms with Crippen LogP contribution in [0.1, 0.15) is 21.8 Å². The largest absolute Gasteiger partial charge is 0.411 e. The van der Waals surface area contributed by atoms with E-state index in [1.165, 1.54) is 24.3 Å². The second-order valence-electron chi connectivity index (χ2n) is 5.54. The summed E-state index contributed by atoms with van der Waals surface area (Å²) in [6.07, 6.45) is 0. The van der Waals surface area contributed by atoms with Gasteiger partial charge in [0.15, 0.2) is 0 Å². The van der Waals surface area contributed by atoms with Crippen molar-refractivity contribution >= 4 is 15.7 Å². The number of amides is 1. The SMILES string of the molecule is O=C(NCc1nnc(S(=O)(=O)Cc2ccc(F)cc2)o1)c1ccc(F)cc1. The Bertz CT molecular complexity index is 1050. The van der Waals surface area contributed by atoms with Crippen molar-refractivity contribution in [3.05, 3.63) is 77.2 Å². The first-order chi connectivity index (χ1) is 12.8. The standard InChI is InChI=1S/C17H13F2N3O4S/c18-13-5-1-11(2-6-13)10-27(24,25)17-22-21-15(26-17)9-20-16(23)12-3-7-14(19)8-4-12/h1-8H,9-10H2,(H,20,23). The Morgan fingerprint density at radius 2 is 1.56 bits per heavy atom. The van der Waals surface area contributed by atoms with Gasteiger partial charge in [-0.3, -0.25) is 4.79 Å². The lowest BCUT2D eigenvalue weighted by atomic mass is 10.2. The lowest BCUT2D eigenvalue weighted by Crippen LogP contribution is -2.22. The quantitative estimate of drug-likeness (QED) is 0.689. The number of carbonyl (C=O) groups excluding carboxylic acids is 1. The second kappa shape index (κ2) is 7.62. The van der Waals surface area contributed by atoms with E-state index in [0.717, 1.165) is 24.3 Å². The van der Waals surface area contributed by atoms with E-state index in [9.17, 15) is 22.0 Å². The number of nitrogens with zero attached hydrogens (tertiary/aromatic N) is 2.